The van der Waals surface area contributed by atoms with Gasteiger partial charge in [0.05, 0.1) is 18.9 Å². The predicted molar refractivity (Wildman–Crippen MR) is 137 cm³/mol. The van der Waals surface area contributed by atoms with Gasteiger partial charge in [0.25, 0.3) is 0 Å². The largest absolute Gasteiger partial charge is 0.493 e. The van der Waals surface area contributed by atoms with Gasteiger partial charge in [-0.25, -0.2) is 10.2 Å². The van der Waals surface area contributed by atoms with Crippen LogP contribution in [0, 0.1) is 6.92 Å². The molecule has 4 rings (SSSR count). The van der Waals surface area contributed by atoms with Crippen molar-refractivity contribution in [1.29, 1.82) is 0 Å². The van der Waals surface area contributed by atoms with Crippen LogP contribution in [0.15, 0.2) is 90.0 Å². The average molecular weight is 482 g/mol. The summed E-state index contributed by atoms with van der Waals surface area (Å²) in [6.45, 7) is 1.93. The quantitative estimate of drug-likeness (QED) is 0.139. The summed E-state index contributed by atoms with van der Waals surface area (Å²) in [7, 11) is 1.44. The van der Waals surface area contributed by atoms with Gasteiger partial charge >= 0.3 is 17.8 Å². The molecule has 8 nitrogen and oxygen atoms in total. The number of hydrazone groups is 1. The second kappa shape index (κ2) is 11.0. The predicted octanol–water partition coefficient (Wildman–Crippen LogP) is 4.46. The van der Waals surface area contributed by atoms with E-state index in [2.05, 4.69) is 15.8 Å². The number of nitrogens with one attached hydrogen (secondary N) is 2. The highest BCUT2D eigenvalue weighted by Gasteiger charge is 2.15. The Balaban J connectivity index is 1.38. The zero-order valence-corrected chi connectivity index (χ0v) is 19.6. The summed E-state index contributed by atoms with van der Waals surface area (Å²) < 4.78 is 10.8. The van der Waals surface area contributed by atoms with Crippen molar-refractivity contribution >= 4 is 40.5 Å². The molecular weight excluding hydrogens is 458 g/mol. The Labute approximate surface area is 207 Å². The molecule has 0 saturated carbocycles. The van der Waals surface area contributed by atoms with E-state index < -0.39 is 17.8 Å². The molecule has 0 aliphatic rings. The van der Waals surface area contributed by atoms with Gasteiger partial charge in [-0.15, -0.1) is 0 Å². The monoisotopic (exact) mass is 481 g/mol. The summed E-state index contributed by atoms with van der Waals surface area (Å²) in [6.07, 6.45) is 1.34. The third kappa shape index (κ3) is 5.74. The van der Waals surface area contributed by atoms with E-state index in [4.69, 9.17) is 9.47 Å². The standard InChI is InChI=1S/C28H23N3O5/c1-18-10-13-21(14-11-18)28(34)36-24-15-12-19(16-25(24)35-2)17-29-31-27(33)26(32)30-23-9-5-7-20-6-3-4-8-22(20)23/h3-17H,1-2H3,(H,30,32)(H,31,33)/b29-17+. The number of carbonyl (C=O) groups is 3. The first-order valence-corrected chi connectivity index (χ1v) is 11.0. The summed E-state index contributed by atoms with van der Waals surface area (Å²) >= 11 is 0. The van der Waals surface area contributed by atoms with Gasteiger partial charge in [0.2, 0.25) is 0 Å². The van der Waals surface area contributed by atoms with Crippen molar-refractivity contribution in [1.82, 2.24) is 5.43 Å². The molecule has 4 aromatic carbocycles. The molecule has 0 unspecified atom stereocenters. The SMILES string of the molecule is COc1cc(/C=N/NC(=O)C(=O)Nc2cccc3ccccc23)ccc1OC(=O)c1ccc(C)cc1. The normalized spacial score (nSPS) is 10.7. The van der Waals surface area contributed by atoms with Crippen molar-refractivity contribution in [2.24, 2.45) is 5.10 Å². The lowest BCUT2D eigenvalue weighted by Gasteiger charge is -2.10. The highest BCUT2D eigenvalue weighted by molar-refractivity contribution is 6.40. The molecule has 8 heteroatoms. The van der Waals surface area contributed by atoms with Gasteiger partial charge in [0, 0.05) is 11.1 Å². The fourth-order valence-electron chi connectivity index (χ4n) is 3.43. The van der Waals surface area contributed by atoms with E-state index in [0.717, 1.165) is 16.3 Å². The van der Waals surface area contributed by atoms with E-state index >= 15 is 0 Å². The molecule has 2 N–H and O–H groups in total. The number of methoxy groups -OCH3 is 1. The van der Waals surface area contributed by atoms with Crippen LogP contribution in [-0.4, -0.2) is 31.1 Å². The first kappa shape index (κ1) is 24.2. The van der Waals surface area contributed by atoms with Crippen LogP contribution in [0.5, 0.6) is 11.5 Å². The number of rotatable bonds is 6. The maximum Gasteiger partial charge on any atom is 0.343 e. The number of ether oxygens (including phenoxy) is 2. The van der Waals surface area contributed by atoms with Crippen LogP contribution in [0.1, 0.15) is 21.5 Å². The highest BCUT2D eigenvalue weighted by atomic mass is 16.6. The molecule has 0 aromatic heterocycles. The van der Waals surface area contributed by atoms with E-state index in [1.807, 2.05) is 49.4 Å². The summed E-state index contributed by atoms with van der Waals surface area (Å²) in [5.74, 6) is -1.74. The number of anilines is 1. The third-order valence-electron chi connectivity index (χ3n) is 5.30. The van der Waals surface area contributed by atoms with Gasteiger partial charge in [0.15, 0.2) is 11.5 Å². The molecule has 4 aromatic rings. The van der Waals surface area contributed by atoms with Crippen LogP contribution in [-0.2, 0) is 9.59 Å². The number of hydrogen-bond acceptors (Lipinski definition) is 6. The van der Waals surface area contributed by atoms with Gasteiger partial charge in [-0.05, 0) is 54.3 Å². The van der Waals surface area contributed by atoms with Gasteiger partial charge < -0.3 is 14.8 Å². The van der Waals surface area contributed by atoms with Gasteiger partial charge in [-0.3, -0.25) is 9.59 Å². The summed E-state index contributed by atoms with van der Waals surface area (Å²) in [4.78, 5) is 36.9. The van der Waals surface area contributed by atoms with E-state index in [1.54, 1.807) is 42.5 Å². The summed E-state index contributed by atoms with van der Waals surface area (Å²) in [5.41, 5.74) is 4.73. The molecule has 0 radical (unpaired) electrons. The minimum absolute atomic E-state index is 0.235. The maximum absolute atomic E-state index is 12.4. The highest BCUT2D eigenvalue weighted by Crippen LogP contribution is 2.28. The molecule has 36 heavy (non-hydrogen) atoms. The van der Waals surface area contributed by atoms with Crippen molar-refractivity contribution in [2.75, 3.05) is 12.4 Å². The molecule has 180 valence electrons. The van der Waals surface area contributed by atoms with Crippen molar-refractivity contribution in [2.45, 2.75) is 6.92 Å². The maximum atomic E-state index is 12.4. The number of hydrogen-bond donors (Lipinski definition) is 2. The number of amides is 2. The Morgan fingerprint density at radius 2 is 1.58 bits per heavy atom. The molecular formula is C28H23N3O5. The Kier molecular flexibility index (Phi) is 7.36. The molecule has 0 heterocycles. The van der Waals surface area contributed by atoms with Crippen LogP contribution >= 0.6 is 0 Å². The number of nitrogens with zero attached hydrogens (tertiary/aromatic N) is 1. The first-order valence-electron chi connectivity index (χ1n) is 11.0. The molecule has 0 atom stereocenters. The van der Waals surface area contributed by atoms with Crippen LogP contribution in [0.4, 0.5) is 5.69 Å². The second-order valence-electron chi connectivity index (χ2n) is 7.85. The topological polar surface area (TPSA) is 106 Å². The summed E-state index contributed by atoms with van der Waals surface area (Å²) in [6, 6.07) is 24.7. The third-order valence-corrected chi connectivity index (χ3v) is 5.30. The Morgan fingerprint density at radius 3 is 2.36 bits per heavy atom. The molecule has 0 bridgehead atoms. The van der Waals surface area contributed by atoms with Crippen molar-refractivity contribution in [3.63, 3.8) is 0 Å². The number of benzene rings is 4. The fraction of sp³-hybridized carbons (Fsp3) is 0.0714. The molecule has 0 saturated heterocycles. The van der Waals surface area contributed by atoms with Crippen molar-refractivity contribution < 1.29 is 23.9 Å². The number of esters is 1. The number of carbonyl (C=O) groups excluding carboxylic acids is 3. The first-order chi connectivity index (χ1) is 17.4. The lowest BCUT2D eigenvalue weighted by molar-refractivity contribution is -0.136. The molecule has 0 spiro atoms. The molecule has 0 aliphatic carbocycles. The van der Waals surface area contributed by atoms with Gasteiger partial charge in [0.1, 0.15) is 0 Å². The van der Waals surface area contributed by atoms with E-state index in [9.17, 15) is 14.4 Å². The summed E-state index contributed by atoms with van der Waals surface area (Å²) in [5, 5.41) is 8.20. The van der Waals surface area contributed by atoms with Crippen LogP contribution in [0.25, 0.3) is 10.8 Å². The van der Waals surface area contributed by atoms with Crippen molar-refractivity contribution in [3.8, 4) is 11.5 Å². The zero-order valence-electron chi connectivity index (χ0n) is 19.6. The Morgan fingerprint density at radius 1 is 0.833 bits per heavy atom. The average Bonchev–Trinajstić information content (AvgIpc) is 2.89. The minimum atomic E-state index is -0.921. The number of aryl methyl sites for hydroxylation is 1. The smallest absolute Gasteiger partial charge is 0.343 e. The van der Waals surface area contributed by atoms with E-state index in [0.29, 0.717) is 22.6 Å². The van der Waals surface area contributed by atoms with Gasteiger partial charge in [-0.1, -0.05) is 54.1 Å². The van der Waals surface area contributed by atoms with Crippen LogP contribution in [0.3, 0.4) is 0 Å². The van der Waals surface area contributed by atoms with E-state index in [-0.39, 0.29) is 5.75 Å². The Hall–Kier alpha value is -4.98. The van der Waals surface area contributed by atoms with E-state index in [1.165, 1.54) is 13.3 Å². The minimum Gasteiger partial charge on any atom is -0.493 e. The van der Waals surface area contributed by atoms with Gasteiger partial charge in [-0.2, -0.15) is 5.10 Å². The number of fused-ring (bicyclic) bond motifs is 1. The second-order valence-corrected chi connectivity index (χ2v) is 7.85. The zero-order chi connectivity index (χ0) is 25.5. The molecule has 0 aliphatic heterocycles. The lowest BCUT2D eigenvalue weighted by atomic mass is 10.1. The van der Waals surface area contributed by atoms with Crippen molar-refractivity contribution in [3.05, 3.63) is 102 Å². The van der Waals surface area contributed by atoms with Crippen LogP contribution < -0.4 is 20.2 Å². The fourth-order valence-corrected chi connectivity index (χ4v) is 3.43. The van der Waals surface area contributed by atoms with Crippen LogP contribution in [0.2, 0.25) is 0 Å². The lowest BCUT2D eigenvalue weighted by Crippen LogP contribution is -2.32. The Bertz CT molecular complexity index is 1460. The molecule has 0 fully saturated rings. The molecule has 2 amide bonds.